The summed E-state index contributed by atoms with van der Waals surface area (Å²) in [6, 6.07) is 26.8. The highest BCUT2D eigenvalue weighted by Crippen LogP contribution is 2.56. The molecule has 0 bridgehead atoms. The molecule has 2 aliphatic rings. The van der Waals surface area contributed by atoms with Gasteiger partial charge in [-0.25, -0.2) is 4.98 Å². The van der Waals surface area contributed by atoms with Crippen LogP contribution < -0.4 is 15.2 Å². The van der Waals surface area contributed by atoms with Gasteiger partial charge in [0.15, 0.2) is 0 Å². The van der Waals surface area contributed by atoms with Crippen molar-refractivity contribution >= 4 is 22.4 Å². The standard InChI is InChI=1S/C31H31ClN2O2/c32-27-20-26-23(13-18-34-29(26)35-21-22-7-3-1-4-8-22)19-28(27)36-25-11-14-30(15-12-25,31(33)16-17-31)24-9-5-2-6-10-24/h1-10,13,18-20,25H,11-12,14-17,21,33H2/t25-,30+. The van der Waals surface area contributed by atoms with E-state index in [1.165, 1.54) is 5.56 Å². The number of fused-ring (bicyclic) bond motifs is 1. The number of hydrogen-bond acceptors (Lipinski definition) is 4. The van der Waals surface area contributed by atoms with Crippen LogP contribution in [-0.4, -0.2) is 16.6 Å². The van der Waals surface area contributed by atoms with Crippen molar-refractivity contribution in [2.45, 2.75) is 62.2 Å². The maximum Gasteiger partial charge on any atom is 0.221 e. The normalized spacial score (nSPS) is 22.8. The molecule has 0 unspecified atom stereocenters. The highest BCUT2D eigenvalue weighted by molar-refractivity contribution is 6.33. The number of rotatable bonds is 7. The molecule has 4 nitrogen and oxygen atoms in total. The number of pyridine rings is 1. The third-order valence-electron chi connectivity index (χ3n) is 8.15. The molecule has 2 aliphatic carbocycles. The van der Waals surface area contributed by atoms with Gasteiger partial charge in [0.05, 0.1) is 11.1 Å². The first-order valence-electron chi connectivity index (χ1n) is 12.8. The second-order valence-electron chi connectivity index (χ2n) is 10.3. The summed E-state index contributed by atoms with van der Waals surface area (Å²) in [7, 11) is 0. The van der Waals surface area contributed by atoms with Gasteiger partial charge >= 0.3 is 0 Å². The van der Waals surface area contributed by atoms with E-state index in [1.54, 1.807) is 6.20 Å². The van der Waals surface area contributed by atoms with Crippen LogP contribution in [0.2, 0.25) is 5.02 Å². The molecule has 0 aliphatic heterocycles. The predicted octanol–water partition coefficient (Wildman–Crippen LogP) is 7.22. The predicted molar refractivity (Wildman–Crippen MR) is 145 cm³/mol. The van der Waals surface area contributed by atoms with Crippen LogP contribution in [0.4, 0.5) is 0 Å². The molecule has 3 aromatic carbocycles. The summed E-state index contributed by atoms with van der Waals surface area (Å²) in [6.07, 6.45) is 8.09. The molecule has 2 saturated carbocycles. The molecule has 184 valence electrons. The highest BCUT2D eigenvalue weighted by Gasteiger charge is 2.58. The Morgan fingerprint density at radius 2 is 1.58 bits per heavy atom. The Labute approximate surface area is 217 Å². The van der Waals surface area contributed by atoms with Gasteiger partial charge in [0.25, 0.3) is 0 Å². The molecule has 0 spiro atoms. The van der Waals surface area contributed by atoms with Crippen molar-refractivity contribution in [2.75, 3.05) is 0 Å². The zero-order valence-corrected chi connectivity index (χ0v) is 21.1. The highest BCUT2D eigenvalue weighted by atomic mass is 35.5. The van der Waals surface area contributed by atoms with Gasteiger partial charge in [-0.15, -0.1) is 0 Å². The number of nitrogens with zero attached hydrogens (tertiary/aromatic N) is 1. The molecule has 2 N–H and O–H groups in total. The summed E-state index contributed by atoms with van der Waals surface area (Å²) < 4.78 is 12.5. The smallest absolute Gasteiger partial charge is 0.221 e. The van der Waals surface area contributed by atoms with Crippen LogP contribution >= 0.6 is 11.6 Å². The SMILES string of the molecule is NC1([C@]2(c3ccccc3)CC[C@H](Oc3cc4ccnc(OCc5ccccc5)c4cc3Cl)CC2)CC1. The Kier molecular flexibility index (Phi) is 6.10. The quantitative estimate of drug-likeness (QED) is 0.292. The fourth-order valence-corrected chi connectivity index (χ4v) is 6.11. The summed E-state index contributed by atoms with van der Waals surface area (Å²) in [5.41, 5.74) is 9.30. The number of hydrogen-bond donors (Lipinski definition) is 1. The topological polar surface area (TPSA) is 57.4 Å². The van der Waals surface area contributed by atoms with E-state index < -0.39 is 0 Å². The van der Waals surface area contributed by atoms with E-state index in [9.17, 15) is 0 Å². The third-order valence-corrected chi connectivity index (χ3v) is 8.44. The maximum absolute atomic E-state index is 6.87. The largest absolute Gasteiger partial charge is 0.489 e. The Morgan fingerprint density at radius 3 is 2.28 bits per heavy atom. The molecule has 0 atom stereocenters. The first-order chi connectivity index (χ1) is 17.6. The van der Waals surface area contributed by atoms with E-state index in [4.69, 9.17) is 26.8 Å². The van der Waals surface area contributed by atoms with Crippen molar-refractivity contribution in [1.29, 1.82) is 0 Å². The molecule has 2 fully saturated rings. The molecule has 4 aromatic rings. The fraction of sp³-hybridized carbons (Fsp3) is 0.323. The fourth-order valence-electron chi connectivity index (χ4n) is 5.90. The van der Waals surface area contributed by atoms with Gasteiger partial charge in [0.2, 0.25) is 5.88 Å². The summed E-state index contributed by atoms with van der Waals surface area (Å²) >= 11 is 6.72. The van der Waals surface area contributed by atoms with Crippen molar-refractivity contribution in [3.63, 3.8) is 0 Å². The second-order valence-corrected chi connectivity index (χ2v) is 10.7. The lowest BCUT2D eigenvalue weighted by atomic mass is 9.63. The van der Waals surface area contributed by atoms with Crippen molar-refractivity contribution in [2.24, 2.45) is 5.73 Å². The van der Waals surface area contributed by atoms with Gasteiger partial charge in [-0.2, -0.15) is 0 Å². The van der Waals surface area contributed by atoms with E-state index in [-0.39, 0.29) is 17.1 Å². The molecule has 0 saturated heterocycles. The number of ether oxygens (including phenoxy) is 2. The van der Waals surface area contributed by atoms with Crippen molar-refractivity contribution in [1.82, 2.24) is 4.98 Å². The summed E-state index contributed by atoms with van der Waals surface area (Å²) in [5, 5.41) is 2.47. The van der Waals surface area contributed by atoms with Gasteiger partial charge in [-0.05, 0) is 73.2 Å². The van der Waals surface area contributed by atoms with Crippen LogP contribution in [0.5, 0.6) is 11.6 Å². The Balaban J connectivity index is 1.18. The van der Waals surface area contributed by atoms with Crippen LogP contribution in [0.25, 0.3) is 10.8 Å². The van der Waals surface area contributed by atoms with Crippen LogP contribution in [0.1, 0.15) is 49.7 Å². The van der Waals surface area contributed by atoms with Gasteiger partial charge in [0, 0.05) is 22.5 Å². The van der Waals surface area contributed by atoms with Crippen molar-refractivity contribution in [3.05, 3.63) is 101 Å². The van der Waals surface area contributed by atoms with Crippen LogP contribution in [0.15, 0.2) is 85.1 Å². The molecular weight excluding hydrogens is 468 g/mol. The molecular formula is C31H31ClN2O2. The van der Waals surface area contributed by atoms with Crippen LogP contribution in [0, 0.1) is 0 Å². The maximum atomic E-state index is 6.87. The first-order valence-corrected chi connectivity index (χ1v) is 13.2. The van der Waals surface area contributed by atoms with Gasteiger partial charge in [-0.1, -0.05) is 72.3 Å². The summed E-state index contributed by atoms with van der Waals surface area (Å²) in [5.74, 6) is 1.29. The van der Waals surface area contributed by atoms with Crippen molar-refractivity contribution in [3.8, 4) is 11.6 Å². The van der Waals surface area contributed by atoms with Crippen molar-refractivity contribution < 1.29 is 9.47 Å². The lowest BCUT2D eigenvalue weighted by molar-refractivity contribution is 0.0999. The number of halogens is 1. The molecule has 1 heterocycles. The molecule has 6 rings (SSSR count). The monoisotopic (exact) mass is 498 g/mol. The Bertz CT molecular complexity index is 1350. The van der Waals surface area contributed by atoms with E-state index in [0.717, 1.165) is 60.6 Å². The van der Waals surface area contributed by atoms with E-state index in [1.807, 2.05) is 48.5 Å². The molecule has 1 aromatic heterocycles. The summed E-state index contributed by atoms with van der Waals surface area (Å²) in [4.78, 5) is 4.45. The van der Waals surface area contributed by atoms with Gasteiger partial charge in [-0.3, -0.25) is 0 Å². The van der Waals surface area contributed by atoms with Gasteiger partial charge in [0.1, 0.15) is 12.4 Å². The van der Waals surface area contributed by atoms with Crippen LogP contribution in [0.3, 0.4) is 0 Å². The molecule has 36 heavy (non-hydrogen) atoms. The minimum absolute atomic E-state index is 0.0396. The molecule has 0 radical (unpaired) electrons. The Hall–Kier alpha value is -3.08. The first kappa shape index (κ1) is 23.3. The van der Waals surface area contributed by atoms with E-state index >= 15 is 0 Å². The zero-order chi connectivity index (χ0) is 24.6. The van der Waals surface area contributed by atoms with Gasteiger partial charge < -0.3 is 15.2 Å². The lowest BCUT2D eigenvalue weighted by Crippen LogP contribution is -2.51. The average molecular weight is 499 g/mol. The third kappa shape index (κ3) is 4.33. The number of nitrogens with two attached hydrogens (primary N) is 1. The summed E-state index contributed by atoms with van der Waals surface area (Å²) in [6.45, 7) is 0.455. The Morgan fingerprint density at radius 1 is 0.889 bits per heavy atom. The second kappa shape index (κ2) is 9.42. The number of benzene rings is 3. The van der Waals surface area contributed by atoms with E-state index in [0.29, 0.717) is 17.5 Å². The number of aromatic nitrogens is 1. The lowest BCUT2D eigenvalue weighted by Gasteiger charge is -2.45. The van der Waals surface area contributed by atoms with Crippen LogP contribution in [-0.2, 0) is 12.0 Å². The molecule has 0 amide bonds. The molecule has 5 heteroatoms. The zero-order valence-electron chi connectivity index (χ0n) is 20.3. The van der Waals surface area contributed by atoms with E-state index in [2.05, 4.69) is 35.3 Å². The average Bonchev–Trinajstić information content (AvgIpc) is 3.68. The minimum Gasteiger partial charge on any atom is -0.489 e. The minimum atomic E-state index is -0.0803.